The summed E-state index contributed by atoms with van der Waals surface area (Å²) in [7, 11) is -4.98. The van der Waals surface area contributed by atoms with Crippen molar-refractivity contribution in [2.24, 2.45) is 0 Å². The predicted octanol–water partition coefficient (Wildman–Crippen LogP) is -2.73. The van der Waals surface area contributed by atoms with Gasteiger partial charge >= 0.3 is 13.5 Å². The molecule has 12 heteroatoms. The Balaban J connectivity index is 2.41. The van der Waals surface area contributed by atoms with Crippen LogP contribution in [0.5, 0.6) is 0 Å². The van der Waals surface area contributed by atoms with Gasteiger partial charge in [0.15, 0.2) is 6.23 Å². The number of H-pyrrole nitrogens is 1. The molecule has 1 saturated heterocycles. The van der Waals surface area contributed by atoms with E-state index in [-0.39, 0.29) is 0 Å². The van der Waals surface area contributed by atoms with Crippen molar-refractivity contribution in [1.29, 1.82) is 0 Å². The molecule has 1 aromatic rings. The van der Waals surface area contributed by atoms with E-state index in [4.69, 9.17) is 19.6 Å². The molecule has 0 aliphatic carbocycles. The number of ether oxygens (including phenoxy) is 1. The highest BCUT2D eigenvalue weighted by atomic mass is 31.2. The summed E-state index contributed by atoms with van der Waals surface area (Å²) in [6.45, 7) is -0.656. The summed E-state index contributed by atoms with van der Waals surface area (Å²) in [6, 6.07) is 0.984. The van der Waals surface area contributed by atoms with Crippen molar-refractivity contribution < 1.29 is 33.8 Å². The van der Waals surface area contributed by atoms with Crippen LogP contribution in [0.1, 0.15) is 6.23 Å². The van der Waals surface area contributed by atoms with Gasteiger partial charge in [-0.25, -0.2) is 9.36 Å². The van der Waals surface area contributed by atoms with Crippen LogP contribution < -0.4 is 11.2 Å². The minimum Gasteiger partial charge on any atom is -0.394 e. The quantitative estimate of drug-likeness (QED) is 0.368. The van der Waals surface area contributed by atoms with Crippen molar-refractivity contribution in [3.8, 4) is 0 Å². The first-order valence-electron chi connectivity index (χ1n) is 5.73. The van der Waals surface area contributed by atoms with E-state index in [0.29, 0.717) is 0 Å². The van der Waals surface area contributed by atoms with E-state index in [0.717, 1.165) is 16.8 Å². The minimum atomic E-state index is -4.98. The van der Waals surface area contributed by atoms with Crippen molar-refractivity contribution in [1.82, 2.24) is 9.55 Å². The number of aliphatic hydroxyl groups excluding tert-OH is 2. The SMILES string of the molecule is O=c1ccn([C@@H]2O[C@H](CO)C(O)[C@@H]2OP(=O)(O)O)c(=O)[nH]1. The maximum absolute atomic E-state index is 11.7. The summed E-state index contributed by atoms with van der Waals surface area (Å²) < 4.78 is 21.3. The Kier molecular flexibility index (Phi) is 4.44. The van der Waals surface area contributed by atoms with Gasteiger partial charge in [-0.2, -0.15) is 0 Å². The molecule has 4 atom stereocenters. The number of hydrogen-bond acceptors (Lipinski definition) is 7. The van der Waals surface area contributed by atoms with Crippen LogP contribution in [0.15, 0.2) is 21.9 Å². The van der Waals surface area contributed by atoms with Crippen molar-refractivity contribution in [2.45, 2.75) is 24.5 Å². The molecule has 1 aliphatic rings. The van der Waals surface area contributed by atoms with Crippen LogP contribution in [0.4, 0.5) is 0 Å². The van der Waals surface area contributed by atoms with Crippen LogP contribution in [-0.4, -0.2) is 54.5 Å². The molecule has 1 aromatic heterocycles. The van der Waals surface area contributed by atoms with Crippen LogP contribution in [0.3, 0.4) is 0 Å². The molecule has 0 spiro atoms. The van der Waals surface area contributed by atoms with Crippen LogP contribution in [0.25, 0.3) is 0 Å². The zero-order valence-electron chi connectivity index (χ0n) is 10.4. The molecule has 21 heavy (non-hydrogen) atoms. The van der Waals surface area contributed by atoms with Gasteiger partial charge in [0.05, 0.1) is 6.61 Å². The monoisotopic (exact) mass is 324 g/mol. The fourth-order valence-corrected chi connectivity index (χ4v) is 2.54. The Labute approximate surface area is 116 Å². The maximum atomic E-state index is 11.7. The molecule has 0 saturated carbocycles. The Bertz CT molecular complexity index is 664. The Morgan fingerprint density at radius 2 is 2.10 bits per heavy atom. The van der Waals surface area contributed by atoms with Gasteiger partial charge in [0.25, 0.3) is 5.56 Å². The largest absolute Gasteiger partial charge is 0.470 e. The third kappa shape index (κ3) is 3.47. The van der Waals surface area contributed by atoms with E-state index in [1.54, 1.807) is 0 Å². The lowest BCUT2D eigenvalue weighted by Gasteiger charge is -2.22. The van der Waals surface area contributed by atoms with E-state index in [1.165, 1.54) is 0 Å². The Hall–Kier alpha value is -1.33. The van der Waals surface area contributed by atoms with Gasteiger partial charge in [-0.3, -0.25) is 18.9 Å². The fourth-order valence-electron chi connectivity index (χ4n) is 1.99. The molecular weight excluding hydrogens is 311 g/mol. The molecule has 0 bridgehead atoms. The van der Waals surface area contributed by atoms with Crippen molar-refractivity contribution in [3.05, 3.63) is 33.1 Å². The number of phosphoric acid groups is 1. The highest BCUT2D eigenvalue weighted by Gasteiger charge is 2.48. The smallest absolute Gasteiger partial charge is 0.394 e. The third-order valence-corrected chi connectivity index (χ3v) is 3.40. The van der Waals surface area contributed by atoms with Gasteiger partial charge < -0.3 is 24.7 Å². The summed E-state index contributed by atoms with van der Waals surface area (Å²) >= 11 is 0. The van der Waals surface area contributed by atoms with E-state index in [2.05, 4.69) is 4.52 Å². The highest BCUT2D eigenvalue weighted by Crippen LogP contribution is 2.44. The first-order chi connectivity index (χ1) is 9.73. The Morgan fingerprint density at radius 3 is 2.62 bits per heavy atom. The molecule has 1 aliphatic heterocycles. The number of aliphatic hydroxyl groups is 2. The van der Waals surface area contributed by atoms with Gasteiger partial charge in [-0.1, -0.05) is 0 Å². The molecule has 0 radical (unpaired) electrons. The van der Waals surface area contributed by atoms with Gasteiger partial charge in [0.1, 0.15) is 18.3 Å². The standard InChI is InChI=1S/C9H13N2O9P/c12-3-4-6(14)7(20-21(16,17)18)8(19-4)11-2-1-5(13)10-9(11)15/h1-2,4,6-8,12,14H,3H2,(H,10,13,15)(H2,16,17,18)/t4-,6?,7+,8-/m1/s1. The molecule has 1 fully saturated rings. The number of phosphoric ester groups is 1. The molecule has 0 amide bonds. The summed E-state index contributed by atoms with van der Waals surface area (Å²) in [5, 5.41) is 18.9. The van der Waals surface area contributed by atoms with Gasteiger partial charge in [-0.05, 0) is 0 Å². The highest BCUT2D eigenvalue weighted by molar-refractivity contribution is 7.46. The predicted molar refractivity (Wildman–Crippen MR) is 65.2 cm³/mol. The summed E-state index contributed by atoms with van der Waals surface area (Å²) in [6.07, 6.45) is -4.79. The van der Waals surface area contributed by atoms with Crippen LogP contribution in [0.2, 0.25) is 0 Å². The summed E-state index contributed by atoms with van der Waals surface area (Å²) in [5.41, 5.74) is -1.60. The second-order valence-corrected chi connectivity index (χ2v) is 5.51. The van der Waals surface area contributed by atoms with Gasteiger partial charge in [-0.15, -0.1) is 0 Å². The molecule has 11 nitrogen and oxygen atoms in total. The molecule has 2 rings (SSSR count). The van der Waals surface area contributed by atoms with E-state index in [9.17, 15) is 19.3 Å². The molecular formula is C9H13N2O9P. The second-order valence-electron chi connectivity index (χ2n) is 4.32. The topological polar surface area (TPSA) is 171 Å². The Morgan fingerprint density at radius 1 is 1.43 bits per heavy atom. The van der Waals surface area contributed by atoms with Crippen LogP contribution >= 0.6 is 7.82 Å². The van der Waals surface area contributed by atoms with Crippen LogP contribution in [0, 0.1) is 0 Å². The number of rotatable bonds is 4. The molecule has 1 unspecified atom stereocenters. The first-order valence-corrected chi connectivity index (χ1v) is 7.26. The molecule has 2 heterocycles. The molecule has 5 N–H and O–H groups in total. The summed E-state index contributed by atoms with van der Waals surface area (Å²) in [5.74, 6) is 0. The second kappa shape index (κ2) is 5.81. The number of aromatic amines is 1. The van der Waals surface area contributed by atoms with E-state index in [1.807, 2.05) is 4.98 Å². The third-order valence-electron chi connectivity index (χ3n) is 2.88. The lowest BCUT2D eigenvalue weighted by atomic mass is 10.1. The summed E-state index contributed by atoms with van der Waals surface area (Å²) in [4.78, 5) is 42.3. The normalized spacial score (nSPS) is 29.7. The lowest BCUT2D eigenvalue weighted by molar-refractivity contribution is -0.0544. The minimum absolute atomic E-state index is 0.656. The van der Waals surface area contributed by atoms with E-state index >= 15 is 0 Å². The van der Waals surface area contributed by atoms with E-state index < -0.39 is 50.2 Å². The zero-order valence-corrected chi connectivity index (χ0v) is 11.3. The van der Waals surface area contributed by atoms with Crippen molar-refractivity contribution >= 4 is 7.82 Å². The molecule has 118 valence electrons. The van der Waals surface area contributed by atoms with Gasteiger partial charge in [0.2, 0.25) is 0 Å². The first kappa shape index (κ1) is 16.0. The van der Waals surface area contributed by atoms with Crippen LogP contribution in [-0.2, 0) is 13.8 Å². The fraction of sp³-hybridized carbons (Fsp3) is 0.556. The number of nitrogens with one attached hydrogen (secondary N) is 1. The zero-order chi connectivity index (χ0) is 15.8. The number of aromatic nitrogens is 2. The number of nitrogens with zero attached hydrogens (tertiary/aromatic N) is 1. The van der Waals surface area contributed by atoms with Crippen molar-refractivity contribution in [2.75, 3.05) is 6.61 Å². The maximum Gasteiger partial charge on any atom is 0.470 e. The molecule has 0 aromatic carbocycles. The van der Waals surface area contributed by atoms with Crippen molar-refractivity contribution in [3.63, 3.8) is 0 Å². The number of hydrogen-bond donors (Lipinski definition) is 5. The van der Waals surface area contributed by atoms with Gasteiger partial charge in [0, 0.05) is 12.3 Å². The lowest BCUT2D eigenvalue weighted by Crippen LogP contribution is -2.38. The average Bonchev–Trinajstić information content (AvgIpc) is 2.65. The average molecular weight is 324 g/mol.